The van der Waals surface area contributed by atoms with Crippen LogP contribution >= 0.6 is 0 Å². The smallest absolute Gasteiger partial charge is 0.164 e. The van der Waals surface area contributed by atoms with Crippen LogP contribution in [0.15, 0.2) is 186 Å². The minimum absolute atomic E-state index is 0.583. The van der Waals surface area contributed by atoms with E-state index in [1.807, 2.05) is 30.3 Å². The maximum absolute atomic E-state index is 6.84. The molecule has 0 saturated heterocycles. The van der Waals surface area contributed by atoms with Gasteiger partial charge in [-0.2, -0.15) is 0 Å². The van der Waals surface area contributed by atoms with Crippen LogP contribution in [0, 0.1) is 0 Å². The Bertz CT molecular complexity index is 3540. The average molecular weight is 715 g/mol. The molecule has 0 amide bonds. The van der Waals surface area contributed by atoms with Crippen LogP contribution in [0.5, 0.6) is 0 Å². The number of para-hydroxylation sites is 2. The van der Waals surface area contributed by atoms with Gasteiger partial charge in [0.1, 0.15) is 11.2 Å². The first-order valence-electron chi connectivity index (χ1n) is 18.9. The number of nitrogens with zero attached hydrogens (tertiary/aromatic N) is 4. The van der Waals surface area contributed by atoms with Gasteiger partial charge in [0, 0.05) is 54.4 Å². The van der Waals surface area contributed by atoms with Gasteiger partial charge < -0.3 is 8.98 Å². The molecule has 0 N–H and O–H groups in total. The van der Waals surface area contributed by atoms with Gasteiger partial charge in [-0.25, -0.2) is 15.0 Å². The predicted octanol–water partition coefficient (Wildman–Crippen LogP) is 13.3. The standard InChI is InChI=1S/C51H30N4O/c1-2-15-33(16-3-1)49-52-50(35-26-25-31-13-4-5-17-34(31)29-35)54-51(53-49)41-22-12-21-40-44(30-42-38-20-9-11-24-45(38)56-48(42)46(40)41)55-43-23-10-8-19-37(43)39-28-27-32-14-6-7-18-36(32)47(39)55/h1-30H. The maximum atomic E-state index is 6.84. The fourth-order valence-electron chi connectivity index (χ4n) is 8.64. The van der Waals surface area contributed by atoms with Gasteiger partial charge in [0.15, 0.2) is 17.5 Å². The molecule has 0 aliphatic heterocycles. The topological polar surface area (TPSA) is 56.7 Å². The summed E-state index contributed by atoms with van der Waals surface area (Å²) in [7, 11) is 0. The molecule has 0 fully saturated rings. The van der Waals surface area contributed by atoms with Crippen molar-refractivity contribution >= 4 is 76.1 Å². The highest BCUT2D eigenvalue weighted by Crippen LogP contribution is 2.45. The normalized spacial score (nSPS) is 11.9. The summed E-state index contributed by atoms with van der Waals surface area (Å²) in [5.74, 6) is 1.81. The number of hydrogen-bond donors (Lipinski definition) is 0. The zero-order valence-electron chi connectivity index (χ0n) is 30.0. The fraction of sp³-hybridized carbons (Fsp3) is 0. The van der Waals surface area contributed by atoms with E-state index in [1.54, 1.807) is 0 Å². The largest absolute Gasteiger partial charge is 0.455 e. The Morgan fingerprint density at radius 1 is 0.393 bits per heavy atom. The van der Waals surface area contributed by atoms with Crippen molar-refractivity contribution in [3.8, 4) is 39.9 Å². The van der Waals surface area contributed by atoms with Crippen molar-refractivity contribution in [3.63, 3.8) is 0 Å². The molecule has 0 bridgehead atoms. The van der Waals surface area contributed by atoms with Crippen LogP contribution in [0.3, 0.4) is 0 Å². The molecular formula is C51H30N4O. The summed E-state index contributed by atoms with van der Waals surface area (Å²) in [6, 6.07) is 63.8. The summed E-state index contributed by atoms with van der Waals surface area (Å²) in [6.45, 7) is 0. The third kappa shape index (κ3) is 4.58. The summed E-state index contributed by atoms with van der Waals surface area (Å²) >= 11 is 0. The van der Waals surface area contributed by atoms with E-state index < -0.39 is 0 Å². The van der Waals surface area contributed by atoms with Crippen molar-refractivity contribution in [2.24, 2.45) is 0 Å². The molecule has 0 atom stereocenters. The van der Waals surface area contributed by atoms with Gasteiger partial charge in [-0.1, -0.05) is 158 Å². The molecule has 0 aliphatic rings. The number of rotatable bonds is 4. The second-order valence-corrected chi connectivity index (χ2v) is 14.4. The van der Waals surface area contributed by atoms with Crippen molar-refractivity contribution < 1.29 is 4.42 Å². The van der Waals surface area contributed by atoms with E-state index in [0.29, 0.717) is 17.5 Å². The molecule has 12 rings (SSSR count). The predicted molar refractivity (Wildman–Crippen MR) is 230 cm³/mol. The van der Waals surface area contributed by atoms with Crippen LogP contribution in [0.25, 0.3) is 116 Å². The van der Waals surface area contributed by atoms with Crippen LogP contribution in [0.4, 0.5) is 0 Å². The van der Waals surface area contributed by atoms with Crippen molar-refractivity contribution in [1.29, 1.82) is 0 Å². The minimum atomic E-state index is 0.583. The zero-order valence-corrected chi connectivity index (χ0v) is 30.0. The van der Waals surface area contributed by atoms with E-state index >= 15 is 0 Å². The Hall–Kier alpha value is -7.63. The lowest BCUT2D eigenvalue weighted by atomic mass is 9.98. The molecule has 0 unspecified atom stereocenters. The first-order chi connectivity index (χ1) is 27.8. The van der Waals surface area contributed by atoms with Crippen LogP contribution in [-0.4, -0.2) is 19.5 Å². The van der Waals surface area contributed by atoms with Gasteiger partial charge >= 0.3 is 0 Å². The average Bonchev–Trinajstić information content (AvgIpc) is 3.82. The molecule has 9 aromatic carbocycles. The maximum Gasteiger partial charge on any atom is 0.164 e. The van der Waals surface area contributed by atoms with Gasteiger partial charge in [0.25, 0.3) is 0 Å². The van der Waals surface area contributed by atoms with Gasteiger partial charge in [-0.05, 0) is 40.4 Å². The number of furan rings is 1. The highest BCUT2D eigenvalue weighted by Gasteiger charge is 2.23. The van der Waals surface area contributed by atoms with Gasteiger partial charge in [-0.3, -0.25) is 0 Å². The molecule has 0 radical (unpaired) electrons. The Balaban J connectivity index is 1.22. The minimum Gasteiger partial charge on any atom is -0.455 e. The molecule has 12 aromatic rings. The van der Waals surface area contributed by atoms with E-state index in [0.717, 1.165) is 66.0 Å². The fourth-order valence-corrected chi connectivity index (χ4v) is 8.64. The summed E-state index contributed by atoms with van der Waals surface area (Å²) in [6.07, 6.45) is 0. The highest BCUT2D eigenvalue weighted by molar-refractivity contribution is 6.24. The van der Waals surface area contributed by atoms with Gasteiger partial charge in [-0.15, -0.1) is 0 Å². The third-order valence-electron chi connectivity index (χ3n) is 11.2. The van der Waals surface area contributed by atoms with Crippen LogP contribution < -0.4 is 0 Å². The molecule has 3 heterocycles. The molecule has 5 nitrogen and oxygen atoms in total. The molecule has 0 aliphatic carbocycles. The second-order valence-electron chi connectivity index (χ2n) is 14.4. The summed E-state index contributed by atoms with van der Waals surface area (Å²) in [4.78, 5) is 15.6. The molecule has 56 heavy (non-hydrogen) atoms. The molecule has 5 heteroatoms. The van der Waals surface area contributed by atoms with Gasteiger partial charge in [0.05, 0.1) is 16.7 Å². The van der Waals surface area contributed by atoms with Gasteiger partial charge in [0.2, 0.25) is 0 Å². The summed E-state index contributed by atoms with van der Waals surface area (Å²) in [5.41, 5.74) is 7.75. The van der Waals surface area contributed by atoms with E-state index in [-0.39, 0.29) is 0 Å². The lowest BCUT2D eigenvalue weighted by Crippen LogP contribution is -2.01. The van der Waals surface area contributed by atoms with E-state index in [9.17, 15) is 0 Å². The lowest BCUT2D eigenvalue weighted by molar-refractivity contribution is 0.672. The number of benzene rings is 9. The number of hydrogen-bond acceptors (Lipinski definition) is 4. The second kappa shape index (κ2) is 11.9. The van der Waals surface area contributed by atoms with E-state index in [2.05, 4.69) is 156 Å². The molecule has 3 aromatic heterocycles. The molecule has 260 valence electrons. The third-order valence-corrected chi connectivity index (χ3v) is 11.2. The van der Waals surface area contributed by atoms with E-state index in [4.69, 9.17) is 19.4 Å². The van der Waals surface area contributed by atoms with Crippen LogP contribution in [0.2, 0.25) is 0 Å². The zero-order chi connectivity index (χ0) is 36.7. The Labute approximate surface area is 320 Å². The van der Waals surface area contributed by atoms with Crippen LogP contribution in [-0.2, 0) is 0 Å². The first-order valence-corrected chi connectivity index (χ1v) is 18.9. The SMILES string of the molecule is c1ccc(-c2nc(-c3ccc4ccccc4c3)nc(-c3cccc4c(-n5c6ccccc6c6ccc7ccccc7c65)cc5c6ccccc6oc5c34)n2)cc1. The quantitative estimate of drug-likeness (QED) is 0.182. The lowest BCUT2D eigenvalue weighted by Gasteiger charge is -2.16. The van der Waals surface area contributed by atoms with Crippen molar-refractivity contribution in [2.45, 2.75) is 0 Å². The number of fused-ring (bicyclic) bond motifs is 11. The van der Waals surface area contributed by atoms with Crippen LogP contribution in [0.1, 0.15) is 0 Å². The Kier molecular flexibility index (Phi) is 6.56. The Morgan fingerprint density at radius 2 is 1.05 bits per heavy atom. The molecular weight excluding hydrogens is 685 g/mol. The monoisotopic (exact) mass is 714 g/mol. The van der Waals surface area contributed by atoms with Crippen molar-refractivity contribution in [3.05, 3.63) is 182 Å². The van der Waals surface area contributed by atoms with Crippen molar-refractivity contribution in [1.82, 2.24) is 19.5 Å². The molecule has 0 spiro atoms. The first kappa shape index (κ1) is 30.8. The highest BCUT2D eigenvalue weighted by atomic mass is 16.3. The summed E-state index contributed by atoms with van der Waals surface area (Å²) < 4.78 is 9.29. The Morgan fingerprint density at radius 3 is 1.93 bits per heavy atom. The van der Waals surface area contributed by atoms with E-state index in [1.165, 1.54) is 32.4 Å². The molecule has 0 saturated carbocycles. The number of aromatic nitrogens is 4. The van der Waals surface area contributed by atoms with Crippen molar-refractivity contribution in [2.75, 3.05) is 0 Å². The summed E-state index contributed by atoms with van der Waals surface area (Å²) in [5, 5.41) is 11.2.